The zero-order valence-electron chi connectivity index (χ0n) is 15.8. The molecule has 29 heavy (non-hydrogen) atoms. The molecule has 2 rings (SSSR count). The van der Waals surface area contributed by atoms with Gasteiger partial charge in [-0.2, -0.15) is 0 Å². The molecule has 1 aliphatic heterocycles. The molecule has 0 aromatic carbocycles. The van der Waals surface area contributed by atoms with Gasteiger partial charge in [0.15, 0.2) is 0 Å². The maximum atomic E-state index is 11.6. The summed E-state index contributed by atoms with van der Waals surface area (Å²) in [5.41, 5.74) is 8.39. The van der Waals surface area contributed by atoms with Crippen LogP contribution in [0.15, 0.2) is 22.3 Å². The van der Waals surface area contributed by atoms with Gasteiger partial charge in [-0.15, -0.1) is 16.7 Å². The summed E-state index contributed by atoms with van der Waals surface area (Å²) >= 11 is 7.18. The number of esters is 2. The van der Waals surface area contributed by atoms with E-state index in [9.17, 15) is 9.59 Å². The summed E-state index contributed by atoms with van der Waals surface area (Å²) in [7, 11) is 0. The molecule has 12 heteroatoms. The van der Waals surface area contributed by atoms with Gasteiger partial charge in [0.1, 0.15) is 30.4 Å². The number of aromatic nitrogens is 1. The molecule has 2 unspecified atom stereocenters. The molecule has 10 nitrogen and oxygen atoms in total. The van der Waals surface area contributed by atoms with Crippen LogP contribution in [0.25, 0.3) is 15.3 Å². The molecule has 5 atom stereocenters. The van der Waals surface area contributed by atoms with Crippen LogP contribution in [-0.4, -0.2) is 47.2 Å². The van der Waals surface area contributed by atoms with Crippen molar-refractivity contribution in [2.75, 3.05) is 6.61 Å². The highest BCUT2D eigenvalue weighted by molar-refractivity contribution is 8.00. The summed E-state index contributed by atoms with van der Waals surface area (Å²) in [4.78, 5) is 33.5. The van der Waals surface area contributed by atoms with Crippen LogP contribution in [0.2, 0.25) is 5.02 Å². The smallest absolute Gasteiger partial charge is 0.303 e. The minimum absolute atomic E-state index is 0.147. The first kappa shape index (κ1) is 22.8. The fraction of sp³-hybridized carbons (Fsp3) is 0.529. The molecule has 1 saturated heterocycles. The van der Waals surface area contributed by atoms with Crippen molar-refractivity contribution in [3.05, 3.63) is 39.1 Å². The van der Waals surface area contributed by atoms with E-state index < -0.39 is 41.5 Å². The van der Waals surface area contributed by atoms with Crippen molar-refractivity contribution in [3.63, 3.8) is 0 Å². The van der Waals surface area contributed by atoms with Crippen LogP contribution in [0.1, 0.15) is 20.8 Å². The standard InChI is InChI=1S/C17H18ClN5O5S/c1-8-14(22-23-19)15(27-10(3)25)12(7-26-9(2)24)28-17(8)29-13-5-11(18)6-21-16(13)20-4/h5-6,8,12,14-15,17H,7H2,1-3H3/t8?,12?,14-,15+,17-/m1/s1. The van der Waals surface area contributed by atoms with Crippen LogP contribution >= 0.6 is 23.4 Å². The maximum absolute atomic E-state index is 11.6. The maximum Gasteiger partial charge on any atom is 0.303 e. The topological polar surface area (TPSA) is 128 Å². The van der Waals surface area contributed by atoms with Gasteiger partial charge >= 0.3 is 11.9 Å². The zero-order chi connectivity index (χ0) is 21.6. The van der Waals surface area contributed by atoms with Crippen molar-refractivity contribution in [3.8, 4) is 0 Å². The van der Waals surface area contributed by atoms with Gasteiger partial charge in [-0.05, 0) is 11.6 Å². The number of halogens is 1. The summed E-state index contributed by atoms with van der Waals surface area (Å²) in [6.07, 6.45) is -0.435. The molecular weight excluding hydrogens is 422 g/mol. The minimum Gasteiger partial charge on any atom is -0.463 e. The van der Waals surface area contributed by atoms with E-state index in [0.29, 0.717) is 9.92 Å². The number of ether oxygens (including phenoxy) is 3. The minimum atomic E-state index is -0.938. The molecule has 0 aliphatic carbocycles. The van der Waals surface area contributed by atoms with Crippen molar-refractivity contribution >= 4 is 41.1 Å². The highest BCUT2D eigenvalue weighted by Gasteiger charge is 2.46. The Bertz CT molecular complexity index is 872. The zero-order valence-corrected chi connectivity index (χ0v) is 17.4. The number of azide groups is 1. The van der Waals surface area contributed by atoms with Crippen LogP contribution in [0, 0.1) is 12.5 Å². The van der Waals surface area contributed by atoms with Gasteiger partial charge in [0.2, 0.25) is 0 Å². The Labute approximate surface area is 176 Å². The molecule has 1 aromatic rings. The first-order valence-corrected chi connectivity index (χ1v) is 9.72. The summed E-state index contributed by atoms with van der Waals surface area (Å²) in [6.45, 7) is 11.3. The molecule has 2 heterocycles. The average Bonchev–Trinajstić information content (AvgIpc) is 2.65. The van der Waals surface area contributed by atoms with Gasteiger partial charge in [0, 0.05) is 29.6 Å². The van der Waals surface area contributed by atoms with Gasteiger partial charge in [-0.3, -0.25) is 9.59 Å². The van der Waals surface area contributed by atoms with Gasteiger partial charge < -0.3 is 19.1 Å². The second-order valence-corrected chi connectivity index (χ2v) is 7.76. The molecule has 0 bridgehead atoms. The van der Waals surface area contributed by atoms with Crippen molar-refractivity contribution < 1.29 is 23.8 Å². The number of pyridine rings is 1. The number of carbonyl (C=O) groups excluding carboxylic acids is 2. The van der Waals surface area contributed by atoms with E-state index in [1.54, 1.807) is 13.0 Å². The van der Waals surface area contributed by atoms with E-state index in [1.807, 2.05) is 0 Å². The van der Waals surface area contributed by atoms with E-state index in [0.717, 1.165) is 0 Å². The molecule has 0 amide bonds. The van der Waals surface area contributed by atoms with Gasteiger partial charge in [-0.1, -0.05) is 30.2 Å². The first-order chi connectivity index (χ1) is 13.8. The number of thioether (sulfide) groups is 1. The molecule has 1 fully saturated rings. The molecule has 0 N–H and O–H groups in total. The average molecular weight is 440 g/mol. The van der Waals surface area contributed by atoms with Crippen molar-refractivity contribution in [2.24, 2.45) is 11.0 Å². The fourth-order valence-corrected chi connectivity index (χ4v) is 4.25. The highest BCUT2D eigenvalue weighted by atomic mass is 35.5. The Morgan fingerprint density at radius 1 is 1.45 bits per heavy atom. The summed E-state index contributed by atoms with van der Waals surface area (Å²) in [6, 6.07) is 0.809. The largest absolute Gasteiger partial charge is 0.463 e. The Morgan fingerprint density at radius 2 is 2.17 bits per heavy atom. The van der Waals surface area contributed by atoms with E-state index in [-0.39, 0.29) is 12.4 Å². The van der Waals surface area contributed by atoms with Gasteiger partial charge in [0.25, 0.3) is 5.82 Å². The number of hydrogen-bond acceptors (Lipinski definition) is 8. The van der Waals surface area contributed by atoms with E-state index in [4.69, 9.17) is 37.9 Å². The third kappa shape index (κ3) is 5.98. The van der Waals surface area contributed by atoms with Gasteiger partial charge in [0.05, 0.1) is 11.1 Å². The van der Waals surface area contributed by atoms with Crippen LogP contribution in [0.3, 0.4) is 0 Å². The Kier molecular flexibility index (Phi) is 8.10. The summed E-state index contributed by atoms with van der Waals surface area (Å²) in [5.74, 6) is -1.38. The lowest BCUT2D eigenvalue weighted by Crippen LogP contribution is -2.55. The second kappa shape index (κ2) is 10.3. The van der Waals surface area contributed by atoms with Crippen LogP contribution < -0.4 is 0 Å². The quantitative estimate of drug-likeness (QED) is 0.216. The lowest BCUT2D eigenvalue weighted by molar-refractivity contribution is -0.182. The van der Waals surface area contributed by atoms with Gasteiger partial charge in [-0.25, -0.2) is 0 Å². The van der Waals surface area contributed by atoms with Crippen molar-refractivity contribution in [1.82, 2.24) is 4.98 Å². The van der Waals surface area contributed by atoms with E-state index >= 15 is 0 Å². The molecule has 1 aliphatic rings. The van der Waals surface area contributed by atoms with Crippen molar-refractivity contribution in [1.29, 1.82) is 0 Å². The molecule has 0 spiro atoms. The Balaban J connectivity index is 2.37. The first-order valence-electron chi connectivity index (χ1n) is 8.46. The predicted octanol–water partition coefficient (Wildman–Crippen LogP) is 3.91. The van der Waals surface area contributed by atoms with E-state index in [1.165, 1.54) is 31.8 Å². The third-order valence-electron chi connectivity index (χ3n) is 4.07. The Hall–Kier alpha value is -2.51. The molecule has 1 aromatic heterocycles. The molecule has 0 radical (unpaired) electrons. The second-order valence-electron chi connectivity index (χ2n) is 6.18. The van der Waals surface area contributed by atoms with Crippen LogP contribution in [0.5, 0.6) is 0 Å². The summed E-state index contributed by atoms with van der Waals surface area (Å²) in [5, 5.41) is 4.15. The number of nitrogens with zero attached hydrogens (tertiary/aromatic N) is 5. The van der Waals surface area contributed by atoms with Crippen molar-refractivity contribution in [2.45, 2.75) is 49.4 Å². The molecular formula is C17H18ClN5O5S. The molecule has 0 saturated carbocycles. The fourth-order valence-electron chi connectivity index (χ4n) is 2.80. The SMILES string of the molecule is [C-]#[N+]c1ncc(Cl)cc1S[C@H]1OC(COC(C)=O)[C@H](OC(C)=O)[C@H](N=[N+]=[N-])C1C. The number of rotatable bonds is 6. The highest BCUT2D eigenvalue weighted by Crippen LogP contribution is 2.42. The van der Waals surface area contributed by atoms with E-state index in [2.05, 4.69) is 19.9 Å². The molecule has 154 valence electrons. The number of hydrogen-bond donors (Lipinski definition) is 0. The predicted molar refractivity (Wildman–Crippen MR) is 104 cm³/mol. The normalized spacial score (nSPS) is 26.0. The number of carbonyl (C=O) groups is 2. The monoisotopic (exact) mass is 439 g/mol. The Morgan fingerprint density at radius 3 is 2.76 bits per heavy atom. The third-order valence-corrected chi connectivity index (χ3v) is 5.60. The van der Waals surface area contributed by atoms with Crippen LogP contribution in [0.4, 0.5) is 5.82 Å². The van der Waals surface area contributed by atoms with Crippen LogP contribution in [-0.2, 0) is 23.8 Å². The lowest BCUT2D eigenvalue weighted by Gasteiger charge is -2.43. The lowest BCUT2D eigenvalue weighted by atomic mass is 9.91. The summed E-state index contributed by atoms with van der Waals surface area (Å²) < 4.78 is 16.4.